The van der Waals surface area contributed by atoms with E-state index in [2.05, 4.69) is 11.8 Å². The van der Waals surface area contributed by atoms with Crippen LogP contribution < -0.4 is 0 Å². The van der Waals surface area contributed by atoms with E-state index in [0.29, 0.717) is 6.61 Å². The Labute approximate surface area is 181 Å². The molecule has 0 saturated heterocycles. The van der Waals surface area contributed by atoms with Gasteiger partial charge in [-0.25, -0.2) is 0 Å². The fourth-order valence-corrected chi connectivity index (χ4v) is 3.74. The van der Waals surface area contributed by atoms with Gasteiger partial charge in [-0.3, -0.25) is 4.79 Å². The minimum Gasteiger partial charge on any atom is -0.481 e. The van der Waals surface area contributed by atoms with Gasteiger partial charge in [0.2, 0.25) is 0 Å². The molecular weight excluding hydrogens is 362 g/mol. The summed E-state index contributed by atoms with van der Waals surface area (Å²) in [6.45, 7) is 3.85. The van der Waals surface area contributed by atoms with Crippen LogP contribution in [0.3, 0.4) is 0 Å². The quantitative estimate of drug-likeness (QED) is 0.182. The minimum absolute atomic E-state index is 0.118. The summed E-state index contributed by atoms with van der Waals surface area (Å²) < 4.78 is 5.81. The van der Waals surface area contributed by atoms with Crippen molar-refractivity contribution in [1.82, 2.24) is 4.90 Å². The van der Waals surface area contributed by atoms with Crippen LogP contribution >= 0.6 is 0 Å². The van der Waals surface area contributed by atoms with E-state index in [4.69, 9.17) is 9.84 Å². The highest BCUT2D eigenvalue weighted by atomic mass is 16.5. The first-order chi connectivity index (χ1) is 14.1. The first-order valence-electron chi connectivity index (χ1n) is 12.5. The molecule has 0 rings (SSSR count). The average Bonchev–Trinajstić information content (AvgIpc) is 2.67. The van der Waals surface area contributed by atoms with Gasteiger partial charge < -0.3 is 14.7 Å². The third-order valence-corrected chi connectivity index (χ3v) is 5.65. The molecule has 0 radical (unpaired) electrons. The Kier molecular flexibility index (Phi) is 21.6. The number of unbranched alkanes of at least 4 members (excludes halogenated alkanes) is 15. The zero-order valence-electron chi connectivity index (χ0n) is 19.9. The van der Waals surface area contributed by atoms with Crippen molar-refractivity contribution in [2.75, 3.05) is 27.2 Å². The molecule has 0 spiro atoms. The summed E-state index contributed by atoms with van der Waals surface area (Å²) in [6.07, 6.45) is 22.6. The summed E-state index contributed by atoms with van der Waals surface area (Å²) in [5.74, 6) is -0.763. The monoisotopic (exact) mass is 413 g/mol. The molecule has 0 aliphatic carbocycles. The normalized spacial score (nSPS) is 12.6. The molecule has 1 N–H and O–H groups in total. The Morgan fingerprint density at radius 1 is 0.759 bits per heavy atom. The number of nitrogens with zero attached hydrogens (tertiary/aromatic N) is 1. The Bertz CT molecular complexity index is 347. The van der Waals surface area contributed by atoms with Crippen molar-refractivity contribution in [3.8, 4) is 0 Å². The van der Waals surface area contributed by atoms with Crippen LogP contribution in [0.2, 0.25) is 0 Å². The number of rotatable bonds is 23. The highest BCUT2D eigenvalue weighted by Gasteiger charge is 2.13. The van der Waals surface area contributed by atoms with Crippen LogP contribution in [0.15, 0.2) is 0 Å². The molecule has 29 heavy (non-hydrogen) atoms. The summed E-state index contributed by atoms with van der Waals surface area (Å²) in [5.41, 5.74) is 0. The van der Waals surface area contributed by atoms with E-state index >= 15 is 0 Å². The topological polar surface area (TPSA) is 49.8 Å². The van der Waals surface area contributed by atoms with Crippen molar-refractivity contribution in [1.29, 1.82) is 0 Å². The molecule has 4 heteroatoms. The second kappa shape index (κ2) is 22.1. The summed E-state index contributed by atoms with van der Waals surface area (Å²) >= 11 is 0. The summed E-state index contributed by atoms with van der Waals surface area (Å²) in [6, 6.07) is 0. The number of aliphatic carboxylic acids is 1. The molecule has 0 aromatic carbocycles. The number of ether oxygens (including phenoxy) is 1. The van der Waals surface area contributed by atoms with Crippen LogP contribution in [-0.2, 0) is 9.53 Å². The molecule has 174 valence electrons. The molecule has 0 saturated carbocycles. The summed E-state index contributed by atoms with van der Waals surface area (Å²) in [5, 5.41) is 9.00. The van der Waals surface area contributed by atoms with Gasteiger partial charge in [-0.15, -0.1) is 0 Å². The van der Waals surface area contributed by atoms with Crippen molar-refractivity contribution in [3.63, 3.8) is 0 Å². The fraction of sp³-hybridized carbons (Fsp3) is 0.960. The van der Waals surface area contributed by atoms with Gasteiger partial charge in [-0.2, -0.15) is 0 Å². The van der Waals surface area contributed by atoms with Crippen molar-refractivity contribution in [3.05, 3.63) is 0 Å². The Balaban J connectivity index is 3.34. The van der Waals surface area contributed by atoms with Gasteiger partial charge in [-0.1, -0.05) is 103 Å². The molecule has 0 bridgehead atoms. The lowest BCUT2D eigenvalue weighted by molar-refractivity contribution is -0.140. The molecule has 4 nitrogen and oxygen atoms in total. The van der Waals surface area contributed by atoms with Crippen LogP contribution in [0.4, 0.5) is 0 Å². The van der Waals surface area contributed by atoms with Gasteiger partial charge in [0.1, 0.15) is 0 Å². The molecule has 0 fully saturated rings. The van der Waals surface area contributed by atoms with E-state index in [1.54, 1.807) is 0 Å². The number of hydrogen-bond donors (Lipinski definition) is 1. The molecule has 0 amide bonds. The predicted octanol–water partition coefficient (Wildman–Crippen LogP) is 7.06. The third kappa shape index (κ3) is 23.5. The van der Waals surface area contributed by atoms with E-state index in [1.807, 2.05) is 14.1 Å². The highest BCUT2D eigenvalue weighted by Crippen LogP contribution is 2.14. The number of carboxylic acids is 1. The maximum absolute atomic E-state index is 10.9. The van der Waals surface area contributed by atoms with Gasteiger partial charge in [-0.05, 0) is 26.9 Å². The van der Waals surface area contributed by atoms with E-state index in [1.165, 1.54) is 96.3 Å². The number of carboxylic acid groups (broad SMARTS) is 1. The van der Waals surface area contributed by atoms with Crippen LogP contribution in [0.1, 0.15) is 122 Å². The molecule has 0 aromatic heterocycles. The predicted molar refractivity (Wildman–Crippen MR) is 125 cm³/mol. The van der Waals surface area contributed by atoms with Crippen molar-refractivity contribution in [2.24, 2.45) is 0 Å². The average molecular weight is 414 g/mol. The maximum atomic E-state index is 10.9. The molecule has 1 atom stereocenters. The Hall–Kier alpha value is -0.610. The van der Waals surface area contributed by atoms with Gasteiger partial charge in [0.15, 0.2) is 0 Å². The van der Waals surface area contributed by atoms with Crippen LogP contribution in [-0.4, -0.2) is 49.3 Å². The third-order valence-electron chi connectivity index (χ3n) is 5.65. The smallest absolute Gasteiger partial charge is 0.305 e. The molecule has 0 aromatic rings. The number of hydrogen-bond acceptors (Lipinski definition) is 3. The van der Waals surface area contributed by atoms with E-state index in [0.717, 1.165) is 19.4 Å². The molecule has 0 aliphatic heterocycles. The van der Waals surface area contributed by atoms with Crippen molar-refractivity contribution >= 4 is 5.97 Å². The molecular formula is C25H51NO3. The van der Waals surface area contributed by atoms with Crippen LogP contribution in [0.5, 0.6) is 0 Å². The molecule has 0 aliphatic rings. The van der Waals surface area contributed by atoms with Crippen molar-refractivity contribution in [2.45, 2.75) is 129 Å². The lowest BCUT2D eigenvalue weighted by Crippen LogP contribution is -2.24. The van der Waals surface area contributed by atoms with E-state index in [-0.39, 0.29) is 12.5 Å². The summed E-state index contributed by atoms with van der Waals surface area (Å²) in [4.78, 5) is 13.0. The summed E-state index contributed by atoms with van der Waals surface area (Å²) in [7, 11) is 4.01. The van der Waals surface area contributed by atoms with Crippen molar-refractivity contribution < 1.29 is 14.6 Å². The zero-order chi connectivity index (χ0) is 21.6. The van der Waals surface area contributed by atoms with Crippen LogP contribution in [0, 0.1) is 0 Å². The molecule has 0 heterocycles. The standard InChI is InChI=1S/C25H51NO3/c1-4-5-6-7-8-9-10-11-12-13-14-15-16-17-18-19-22-29-24(23-25(27)28)20-21-26(2)3/h24H,4-23H2,1-3H3,(H,27,28). The highest BCUT2D eigenvalue weighted by molar-refractivity contribution is 5.67. The zero-order valence-corrected chi connectivity index (χ0v) is 19.9. The lowest BCUT2D eigenvalue weighted by Gasteiger charge is -2.18. The number of carbonyl (C=O) groups is 1. The Morgan fingerprint density at radius 2 is 1.17 bits per heavy atom. The minimum atomic E-state index is -0.763. The lowest BCUT2D eigenvalue weighted by atomic mass is 10.0. The first-order valence-corrected chi connectivity index (χ1v) is 12.5. The van der Waals surface area contributed by atoms with Gasteiger partial charge >= 0.3 is 5.97 Å². The van der Waals surface area contributed by atoms with E-state index in [9.17, 15) is 4.79 Å². The van der Waals surface area contributed by atoms with Gasteiger partial charge in [0.05, 0.1) is 12.5 Å². The largest absolute Gasteiger partial charge is 0.481 e. The fourth-order valence-electron chi connectivity index (χ4n) is 3.74. The van der Waals surface area contributed by atoms with E-state index < -0.39 is 5.97 Å². The van der Waals surface area contributed by atoms with Gasteiger partial charge in [0, 0.05) is 13.2 Å². The Morgan fingerprint density at radius 3 is 1.55 bits per heavy atom. The SMILES string of the molecule is CCCCCCCCCCCCCCCCCCOC(CCN(C)C)CC(=O)O. The molecule has 1 unspecified atom stereocenters. The second-order valence-corrected chi connectivity index (χ2v) is 8.99. The second-order valence-electron chi connectivity index (χ2n) is 8.99. The van der Waals surface area contributed by atoms with Gasteiger partial charge in [0.25, 0.3) is 0 Å². The first kappa shape index (κ1) is 28.4. The maximum Gasteiger partial charge on any atom is 0.305 e. The van der Waals surface area contributed by atoms with Crippen LogP contribution in [0.25, 0.3) is 0 Å².